The maximum atomic E-state index is 2.50. The van der Waals surface area contributed by atoms with Crippen molar-refractivity contribution in [3.8, 4) is 0 Å². The molecule has 0 bridgehead atoms. The summed E-state index contributed by atoms with van der Waals surface area (Å²) >= 11 is 0. The van der Waals surface area contributed by atoms with Gasteiger partial charge in [-0.2, -0.15) is 0 Å². The highest BCUT2D eigenvalue weighted by Gasteiger charge is 2.27. The molecule has 0 heterocycles. The highest BCUT2D eigenvalue weighted by Crippen LogP contribution is 2.48. The molecule has 5 rings (SSSR count). The average Bonchev–Trinajstić information content (AvgIpc) is 2.79. The predicted octanol–water partition coefficient (Wildman–Crippen LogP) is 7.70. The standard InChI is InChI=1S/C22H20.C3H8/c1-3-11-18-16(9-1)17-10-2-4-12-19(17)21-14-6-8-15-7-5-13-20(18)22(15)21;1-3-2/h5-9,11,13-14H,1-4,10,12H2;3H2,1-2H3. The Labute approximate surface area is 152 Å². The molecule has 0 fully saturated rings. The summed E-state index contributed by atoms with van der Waals surface area (Å²) in [5.41, 5.74) is 9.26. The van der Waals surface area contributed by atoms with Crippen LogP contribution in [0, 0.1) is 0 Å². The Morgan fingerprint density at radius 2 is 1.32 bits per heavy atom. The summed E-state index contributed by atoms with van der Waals surface area (Å²) in [6, 6.07) is 13.7. The van der Waals surface area contributed by atoms with Crippen molar-refractivity contribution in [2.75, 3.05) is 0 Å². The fourth-order valence-corrected chi connectivity index (χ4v) is 4.53. The van der Waals surface area contributed by atoms with E-state index in [1.165, 1.54) is 72.4 Å². The number of hydrogen-bond acceptors (Lipinski definition) is 0. The number of allylic oxidation sites excluding steroid dienone is 6. The van der Waals surface area contributed by atoms with Crippen molar-refractivity contribution < 1.29 is 0 Å². The average molecular weight is 328 g/mol. The third-order valence-corrected chi connectivity index (χ3v) is 5.47. The Kier molecular flexibility index (Phi) is 4.61. The SMILES string of the molecule is C1=C2C(=CCC1)c1cccc3cccc(c13)C1=C2CCCC1.CCC. The minimum absolute atomic E-state index is 1.18. The molecule has 0 amide bonds. The molecule has 3 aliphatic carbocycles. The number of hydrogen-bond donors (Lipinski definition) is 0. The van der Waals surface area contributed by atoms with E-state index in [-0.39, 0.29) is 0 Å². The van der Waals surface area contributed by atoms with Gasteiger partial charge < -0.3 is 0 Å². The summed E-state index contributed by atoms with van der Waals surface area (Å²) < 4.78 is 0. The first-order valence-corrected chi connectivity index (χ1v) is 10.0. The predicted molar refractivity (Wildman–Crippen MR) is 111 cm³/mol. The third kappa shape index (κ3) is 2.78. The fourth-order valence-electron chi connectivity index (χ4n) is 4.53. The van der Waals surface area contributed by atoms with Crippen molar-refractivity contribution in [1.82, 2.24) is 0 Å². The second kappa shape index (κ2) is 7.04. The molecule has 0 unspecified atom stereocenters. The Bertz CT molecular complexity index is 884. The van der Waals surface area contributed by atoms with Gasteiger partial charge in [-0.1, -0.05) is 68.8 Å². The molecule has 0 radical (unpaired) electrons. The Morgan fingerprint density at radius 3 is 2.04 bits per heavy atom. The number of fused-ring (bicyclic) bond motifs is 4. The molecule has 0 aromatic heterocycles. The van der Waals surface area contributed by atoms with Crippen LogP contribution in [0.4, 0.5) is 0 Å². The van der Waals surface area contributed by atoms with Crippen molar-refractivity contribution in [3.05, 3.63) is 70.8 Å². The number of benzene rings is 2. The molecular formula is C25H28. The zero-order chi connectivity index (χ0) is 17.2. The van der Waals surface area contributed by atoms with Crippen LogP contribution in [-0.2, 0) is 0 Å². The van der Waals surface area contributed by atoms with Crippen LogP contribution < -0.4 is 0 Å². The maximum absolute atomic E-state index is 2.50. The summed E-state index contributed by atoms with van der Waals surface area (Å²) in [4.78, 5) is 0. The lowest BCUT2D eigenvalue weighted by Crippen LogP contribution is -2.03. The van der Waals surface area contributed by atoms with Gasteiger partial charge in [-0.15, -0.1) is 0 Å². The molecule has 3 aliphatic rings. The van der Waals surface area contributed by atoms with E-state index in [0.29, 0.717) is 0 Å². The first kappa shape index (κ1) is 16.4. The van der Waals surface area contributed by atoms with Gasteiger partial charge in [0.05, 0.1) is 0 Å². The monoisotopic (exact) mass is 328 g/mol. The van der Waals surface area contributed by atoms with Crippen molar-refractivity contribution in [2.24, 2.45) is 0 Å². The Hall–Kier alpha value is -2.08. The third-order valence-electron chi connectivity index (χ3n) is 5.47. The van der Waals surface area contributed by atoms with Crippen LogP contribution in [0.1, 0.15) is 69.9 Å². The molecular weight excluding hydrogens is 300 g/mol. The lowest BCUT2D eigenvalue weighted by atomic mass is 9.81. The molecule has 0 spiro atoms. The molecule has 0 heteroatoms. The van der Waals surface area contributed by atoms with E-state index < -0.39 is 0 Å². The normalized spacial score (nSPS) is 18.3. The van der Waals surface area contributed by atoms with E-state index >= 15 is 0 Å². The van der Waals surface area contributed by atoms with Crippen LogP contribution in [0.5, 0.6) is 0 Å². The molecule has 0 nitrogen and oxygen atoms in total. The fraction of sp³-hybridized carbons (Fsp3) is 0.360. The molecule has 0 saturated carbocycles. The number of rotatable bonds is 0. The van der Waals surface area contributed by atoms with E-state index in [9.17, 15) is 0 Å². The Morgan fingerprint density at radius 1 is 0.720 bits per heavy atom. The van der Waals surface area contributed by atoms with Crippen LogP contribution >= 0.6 is 0 Å². The smallest absolute Gasteiger partial charge is 0.00299 e. The molecule has 2 aromatic rings. The topological polar surface area (TPSA) is 0 Å². The van der Waals surface area contributed by atoms with Gasteiger partial charge >= 0.3 is 0 Å². The second-order valence-electron chi connectivity index (χ2n) is 7.39. The molecule has 25 heavy (non-hydrogen) atoms. The van der Waals surface area contributed by atoms with Crippen LogP contribution in [0.15, 0.2) is 59.7 Å². The van der Waals surface area contributed by atoms with Crippen molar-refractivity contribution >= 4 is 21.9 Å². The van der Waals surface area contributed by atoms with Crippen LogP contribution in [-0.4, -0.2) is 0 Å². The zero-order valence-electron chi connectivity index (χ0n) is 15.6. The van der Waals surface area contributed by atoms with E-state index in [4.69, 9.17) is 0 Å². The van der Waals surface area contributed by atoms with Gasteiger partial charge in [0, 0.05) is 0 Å². The Balaban J connectivity index is 0.000000490. The van der Waals surface area contributed by atoms with Crippen molar-refractivity contribution in [3.63, 3.8) is 0 Å². The molecule has 0 atom stereocenters. The van der Waals surface area contributed by atoms with Gasteiger partial charge in [0.1, 0.15) is 0 Å². The zero-order valence-corrected chi connectivity index (χ0v) is 15.6. The van der Waals surface area contributed by atoms with E-state index in [0.717, 1.165) is 0 Å². The first-order valence-electron chi connectivity index (χ1n) is 10.0. The molecule has 0 N–H and O–H groups in total. The van der Waals surface area contributed by atoms with E-state index in [2.05, 4.69) is 62.4 Å². The van der Waals surface area contributed by atoms with Crippen LogP contribution in [0.25, 0.3) is 21.9 Å². The lowest BCUT2D eigenvalue weighted by Gasteiger charge is -2.23. The highest BCUT2D eigenvalue weighted by molar-refractivity contribution is 6.08. The summed E-state index contributed by atoms with van der Waals surface area (Å²) in [7, 11) is 0. The van der Waals surface area contributed by atoms with Gasteiger partial charge in [0.2, 0.25) is 0 Å². The van der Waals surface area contributed by atoms with Gasteiger partial charge in [0.15, 0.2) is 0 Å². The lowest BCUT2D eigenvalue weighted by molar-refractivity contribution is 0.721. The second-order valence-corrected chi connectivity index (χ2v) is 7.39. The highest BCUT2D eigenvalue weighted by atomic mass is 14.3. The minimum Gasteiger partial charge on any atom is -0.0761 e. The van der Waals surface area contributed by atoms with Crippen molar-refractivity contribution in [1.29, 1.82) is 0 Å². The largest absolute Gasteiger partial charge is 0.0761 e. The molecule has 2 aromatic carbocycles. The maximum Gasteiger partial charge on any atom is -0.00299 e. The van der Waals surface area contributed by atoms with E-state index in [1.807, 2.05) is 0 Å². The quantitative estimate of drug-likeness (QED) is 0.464. The van der Waals surface area contributed by atoms with Crippen LogP contribution in [0.3, 0.4) is 0 Å². The summed E-state index contributed by atoms with van der Waals surface area (Å²) in [5.74, 6) is 0. The van der Waals surface area contributed by atoms with Gasteiger partial charge in [-0.05, 0) is 82.7 Å². The summed E-state index contributed by atoms with van der Waals surface area (Å²) in [5, 5.41) is 2.87. The van der Waals surface area contributed by atoms with E-state index in [1.54, 1.807) is 16.7 Å². The van der Waals surface area contributed by atoms with Crippen molar-refractivity contribution in [2.45, 2.75) is 58.8 Å². The summed E-state index contributed by atoms with van der Waals surface area (Å²) in [6.07, 6.45) is 13.8. The molecule has 0 saturated heterocycles. The van der Waals surface area contributed by atoms with Gasteiger partial charge in [-0.3, -0.25) is 0 Å². The minimum atomic E-state index is 1.18. The van der Waals surface area contributed by atoms with Gasteiger partial charge in [-0.25, -0.2) is 0 Å². The van der Waals surface area contributed by atoms with Crippen LogP contribution in [0.2, 0.25) is 0 Å². The summed E-state index contributed by atoms with van der Waals surface area (Å²) in [6.45, 7) is 4.25. The molecule has 0 aliphatic heterocycles. The molecule has 128 valence electrons. The first-order chi connectivity index (χ1) is 12.3. The van der Waals surface area contributed by atoms with Gasteiger partial charge in [0.25, 0.3) is 0 Å².